The maximum absolute atomic E-state index is 6.24. The van der Waals surface area contributed by atoms with E-state index in [0.29, 0.717) is 12.2 Å². The second kappa shape index (κ2) is 5.16. The van der Waals surface area contributed by atoms with Crippen LogP contribution in [-0.2, 0) is 4.74 Å². The van der Waals surface area contributed by atoms with Gasteiger partial charge in [-0.2, -0.15) is 0 Å². The molecule has 2 atom stereocenters. The van der Waals surface area contributed by atoms with Gasteiger partial charge in [0.1, 0.15) is 0 Å². The van der Waals surface area contributed by atoms with E-state index in [9.17, 15) is 0 Å². The number of hydrogen-bond acceptors (Lipinski definition) is 1. The summed E-state index contributed by atoms with van der Waals surface area (Å²) < 4.78 is 6.24. The van der Waals surface area contributed by atoms with Gasteiger partial charge < -0.3 is 4.74 Å². The van der Waals surface area contributed by atoms with Gasteiger partial charge in [-0.1, -0.05) is 39.0 Å². The fraction of sp³-hybridized carbons (Fsp3) is 1.00. The van der Waals surface area contributed by atoms with Gasteiger partial charge in [0.2, 0.25) is 0 Å². The van der Waals surface area contributed by atoms with E-state index < -0.39 is 0 Å². The van der Waals surface area contributed by atoms with Crippen LogP contribution in [0.1, 0.15) is 64.7 Å². The third kappa shape index (κ3) is 2.73. The second-order valence-electron chi connectivity index (χ2n) is 5.20. The van der Waals surface area contributed by atoms with Crippen molar-refractivity contribution in [3.8, 4) is 0 Å². The molecule has 0 saturated heterocycles. The molecule has 82 valence electrons. The largest absolute Gasteiger partial charge is 0.375 e. The van der Waals surface area contributed by atoms with Crippen LogP contribution in [0.4, 0.5) is 0 Å². The molecule has 2 saturated carbocycles. The minimum absolute atomic E-state index is 0.590. The zero-order valence-corrected chi connectivity index (χ0v) is 9.50. The standard InChI is InChI=1S/C13H24O/c1-11-7-5-6-10-13(11)14-12-8-3-2-4-9-12/h11-13H,2-10H2,1H3. The molecule has 1 heteroatoms. The van der Waals surface area contributed by atoms with Crippen molar-refractivity contribution in [2.24, 2.45) is 5.92 Å². The van der Waals surface area contributed by atoms with Crippen LogP contribution in [0.15, 0.2) is 0 Å². The Kier molecular flexibility index (Phi) is 3.86. The highest BCUT2D eigenvalue weighted by Gasteiger charge is 2.25. The molecule has 0 bridgehead atoms. The summed E-state index contributed by atoms with van der Waals surface area (Å²) in [7, 11) is 0. The lowest BCUT2D eigenvalue weighted by molar-refractivity contribution is -0.0682. The minimum atomic E-state index is 0.590. The van der Waals surface area contributed by atoms with Gasteiger partial charge in [0, 0.05) is 0 Å². The monoisotopic (exact) mass is 196 g/mol. The lowest BCUT2D eigenvalue weighted by atomic mass is 9.87. The molecule has 2 fully saturated rings. The van der Waals surface area contributed by atoms with E-state index in [2.05, 4.69) is 6.92 Å². The lowest BCUT2D eigenvalue weighted by Gasteiger charge is -2.33. The predicted octanol–water partition coefficient (Wildman–Crippen LogP) is 3.91. The summed E-state index contributed by atoms with van der Waals surface area (Å²) in [6.07, 6.45) is 13.6. The average Bonchev–Trinajstić information content (AvgIpc) is 2.23. The van der Waals surface area contributed by atoms with E-state index in [0.717, 1.165) is 5.92 Å². The van der Waals surface area contributed by atoms with Crippen LogP contribution in [0.25, 0.3) is 0 Å². The Morgan fingerprint density at radius 2 is 1.43 bits per heavy atom. The SMILES string of the molecule is CC1CCCCC1OC1CCCCC1. The van der Waals surface area contributed by atoms with E-state index >= 15 is 0 Å². The third-order valence-electron chi connectivity index (χ3n) is 3.95. The van der Waals surface area contributed by atoms with E-state index in [-0.39, 0.29) is 0 Å². The Morgan fingerprint density at radius 1 is 0.786 bits per heavy atom. The van der Waals surface area contributed by atoms with E-state index in [1.807, 2.05) is 0 Å². The molecule has 2 unspecified atom stereocenters. The Labute approximate surface area is 88.2 Å². The van der Waals surface area contributed by atoms with Gasteiger partial charge >= 0.3 is 0 Å². The number of ether oxygens (including phenoxy) is 1. The number of hydrogen-bond donors (Lipinski definition) is 0. The number of rotatable bonds is 2. The van der Waals surface area contributed by atoms with Crippen molar-refractivity contribution in [2.45, 2.75) is 76.9 Å². The van der Waals surface area contributed by atoms with Gasteiger partial charge in [0.05, 0.1) is 12.2 Å². The summed E-state index contributed by atoms with van der Waals surface area (Å²) in [6, 6.07) is 0. The molecular weight excluding hydrogens is 172 g/mol. The molecule has 2 rings (SSSR count). The third-order valence-corrected chi connectivity index (χ3v) is 3.95. The van der Waals surface area contributed by atoms with Crippen LogP contribution in [-0.4, -0.2) is 12.2 Å². The van der Waals surface area contributed by atoms with Crippen molar-refractivity contribution in [2.75, 3.05) is 0 Å². The van der Waals surface area contributed by atoms with Gasteiger partial charge in [0.15, 0.2) is 0 Å². The minimum Gasteiger partial charge on any atom is -0.375 e. The summed E-state index contributed by atoms with van der Waals surface area (Å²) in [5.41, 5.74) is 0. The van der Waals surface area contributed by atoms with Crippen molar-refractivity contribution < 1.29 is 4.74 Å². The highest BCUT2D eigenvalue weighted by atomic mass is 16.5. The molecule has 2 aliphatic carbocycles. The summed E-state index contributed by atoms with van der Waals surface area (Å²) in [6.45, 7) is 2.37. The van der Waals surface area contributed by atoms with Crippen LogP contribution >= 0.6 is 0 Å². The molecule has 1 nitrogen and oxygen atoms in total. The van der Waals surface area contributed by atoms with Crippen LogP contribution in [0.2, 0.25) is 0 Å². The van der Waals surface area contributed by atoms with Gasteiger partial charge in [-0.15, -0.1) is 0 Å². The molecular formula is C13H24O. The van der Waals surface area contributed by atoms with E-state index in [4.69, 9.17) is 4.74 Å². The topological polar surface area (TPSA) is 9.23 Å². The highest BCUT2D eigenvalue weighted by Crippen LogP contribution is 2.30. The molecule has 0 aromatic rings. The maximum Gasteiger partial charge on any atom is 0.0604 e. The van der Waals surface area contributed by atoms with Gasteiger partial charge in [-0.3, -0.25) is 0 Å². The van der Waals surface area contributed by atoms with Gasteiger partial charge in [-0.25, -0.2) is 0 Å². The van der Waals surface area contributed by atoms with Gasteiger partial charge in [0.25, 0.3) is 0 Å². The second-order valence-corrected chi connectivity index (χ2v) is 5.20. The molecule has 0 spiro atoms. The van der Waals surface area contributed by atoms with Crippen molar-refractivity contribution in [1.29, 1.82) is 0 Å². The zero-order chi connectivity index (χ0) is 9.80. The summed E-state index contributed by atoms with van der Waals surface area (Å²) in [5.74, 6) is 0.811. The molecule has 0 amide bonds. The quantitative estimate of drug-likeness (QED) is 0.650. The smallest absolute Gasteiger partial charge is 0.0604 e. The molecule has 0 heterocycles. The molecule has 0 aliphatic heterocycles. The summed E-state index contributed by atoms with van der Waals surface area (Å²) >= 11 is 0. The zero-order valence-electron chi connectivity index (χ0n) is 9.50. The van der Waals surface area contributed by atoms with Crippen molar-refractivity contribution in [3.63, 3.8) is 0 Å². The average molecular weight is 196 g/mol. The normalized spacial score (nSPS) is 35.8. The molecule has 2 aliphatic rings. The first-order valence-electron chi connectivity index (χ1n) is 6.52. The Hall–Kier alpha value is -0.0400. The Bertz CT molecular complexity index is 161. The van der Waals surface area contributed by atoms with Crippen molar-refractivity contribution in [3.05, 3.63) is 0 Å². The molecule has 14 heavy (non-hydrogen) atoms. The molecule has 0 radical (unpaired) electrons. The van der Waals surface area contributed by atoms with Crippen LogP contribution in [0.5, 0.6) is 0 Å². The molecule has 0 aromatic heterocycles. The first-order chi connectivity index (χ1) is 6.86. The first-order valence-corrected chi connectivity index (χ1v) is 6.52. The highest BCUT2D eigenvalue weighted by molar-refractivity contribution is 4.75. The van der Waals surface area contributed by atoms with Crippen LogP contribution in [0.3, 0.4) is 0 Å². The Morgan fingerprint density at radius 3 is 2.14 bits per heavy atom. The van der Waals surface area contributed by atoms with Crippen molar-refractivity contribution in [1.82, 2.24) is 0 Å². The van der Waals surface area contributed by atoms with E-state index in [1.54, 1.807) is 0 Å². The fourth-order valence-electron chi connectivity index (χ4n) is 2.93. The molecule has 0 aromatic carbocycles. The maximum atomic E-state index is 6.24. The van der Waals surface area contributed by atoms with Crippen LogP contribution < -0.4 is 0 Å². The van der Waals surface area contributed by atoms with Crippen LogP contribution in [0, 0.1) is 5.92 Å². The lowest BCUT2D eigenvalue weighted by Crippen LogP contribution is -2.31. The van der Waals surface area contributed by atoms with E-state index in [1.165, 1.54) is 57.8 Å². The molecule has 0 N–H and O–H groups in total. The summed E-state index contributed by atoms with van der Waals surface area (Å²) in [4.78, 5) is 0. The summed E-state index contributed by atoms with van der Waals surface area (Å²) in [5, 5.41) is 0. The fourth-order valence-corrected chi connectivity index (χ4v) is 2.93. The first kappa shape index (κ1) is 10.5. The van der Waals surface area contributed by atoms with Crippen molar-refractivity contribution >= 4 is 0 Å². The van der Waals surface area contributed by atoms with Gasteiger partial charge in [-0.05, 0) is 31.6 Å². The Balaban J connectivity index is 1.76. The predicted molar refractivity (Wildman–Crippen MR) is 59.4 cm³/mol.